The summed E-state index contributed by atoms with van der Waals surface area (Å²) >= 11 is 0. The average Bonchev–Trinajstić information content (AvgIpc) is 2.98. The van der Waals surface area contributed by atoms with Crippen LogP contribution in [0.1, 0.15) is 37.4 Å². The Hall–Kier alpha value is -3.28. The highest BCUT2D eigenvalue weighted by Crippen LogP contribution is 2.39. The lowest BCUT2D eigenvalue weighted by atomic mass is 9.94. The van der Waals surface area contributed by atoms with Gasteiger partial charge in [0.25, 0.3) is 5.91 Å². The fourth-order valence-electron chi connectivity index (χ4n) is 3.69. The van der Waals surface area contributed by atoms with Crippen LogP contribution in [-0.2, 0) is 16.1 Å². The molecular formula is C24H28N2O4. The molecule has 30 heavy (non-hydrogen) atoms. The molecule has 6 nitrogen and oxygen atoms in total. The van der Waals surface area contributed by atoms with Crippen LogP contribution < -0.4 is 9.64 Å². The summed E-state index contributed by atoms with van der Waals surface area (Å²) in [5.74, 6) is -0.497. The van der Waals surface area contributed by atoms with E-state index in [2.05, 4.69) is 0 Å². The summed E-state index contributed by atoms with van der Waals surface area (Å²) in [5.41, 5.74) is 2.83. The van der Waals surface area contributed by atoms with Gasteiger partial charge in [-0.1, -0.05) is 31.2 Å². The van der Waals surface area contributed by atoms with E-state index in [9.17, 15) is 14.7 Å². The minimum Gasteiger partial charge on any atom is -0.503 e. The summed E-state index contributed by atoms with van der Waals surface area (Å²) in [7, 11) is 3.90. The Morgan fingerprint density at radius 2 is 1.83 bits per heavy atom. The number of carbonyl (C=O) groups is 2. The fraction of sp³-hybridized carbons (Fsp3) is 0.333. The minimum absolute atomic E-state index is 0.168. The molecule has 1 amide bonds. The molecular weight excluding hydrogens is 380 g/mol. The molecule has 3 rings (SSSR count). The zero-order valence-electron chi connectivity index (χ0n) is 17.9. The van der Waals surface area contributed by atoms with E-state index < -0.39 is 17.7 Å². The molecule has 1 unspecified atom stereocenters. The van der Waals surface area contributed by atoms with Gasteiger partial charge in [0, 0.05) is 32.7 Å². The molecule has 0 saturated heterocycles. The SMILES string of the molecule is CCOc1cccc(CN2C(=O)C(O)=C(C(=O)CC)C2c2ccc(N(C)C)cc2)c1. The third-order valence-electron chi connectivity index (χ3n) is 5.21. The first kappa shape index (κ1) is 21.4. The first-order chi connectivity index (χ1) is 14.4. The minimum atomic E-state index is -0.628. The lowest BCUT2D eigenvalue weighted by Gasteiger charge is -2.27. The number of rotatable bonds is 8. The van der Waals surface area contributed by atoms with Crippen molar-refractivity contribution in [3.05, 3.63) is 71.0 Å². The second kappa shape index (κ2) is 9.03. The predicted octanol–water partition coefficient (Wildman–Crippen LogP) is 4.03. The zero-order chi connectivity index (χ0) is 21.8. The first-order valence-corrected chi connectivity index (χ1v) is 10.1. The number of amides is 1. The van der Waals surface area contributed by atoms with Gasteiger partial charge in [0.1, 0.15) is 5.75 Å². The lowest BCUT2D eigenvalue weighted by Crippen LogP contribution is -2.30. The Bertz CT molecular complexity index is 963. The molecule has 1 heterocycles. The first-order valence-electron chi connectivity index (χ1n) is 10.1. The van der Waals surface area contributed by atoms with E-state index in [4.69, 9.17) is 4.74 Å². The monoisotopic (exact) mass is 408 g/mol. The molecule has 0 bridgehead atoms. The van der Waals surface area contributed by atoms with Gasteiger partial charge < -0.3 is 19.6 Å². The standard InChI is InChI=1S/C24H28N2O4/c1-5-20(27)21-22(17-10-12-18(13-11-17)25(3)4)26(24(29)23(21)28)15-16-8-7-9-19(14-16)30-6-2/h7-14,22,28H,5-6,15H2,1-4H3. The van der Waals surface area contributed by atoms with E-state index >= 15 is 0 Å². The molecule has 0 aromatic heterocycles. The molecule has 1 N–H and O–H groups in total. The van der Waals surface area contributed by atoms with E-state index in [1.54, 1.807) is 11.8 Å². The van der Waals surface area contributed by atoms with Crippen molar-refractivity contribution in [1.29, 1.82) is 0 Å². The van der Waals surface area contributed by atoms with Crippen LogP contribution in [0, 0.1) is 0 Å². The number of Topliss-reactive ketones (excluding diaryl/α,β-unsaturated/α-hetero) is 1. The molecule has 0 aliphatic carbocycles. The van der Waals surface area contributed by atoms with Gasteiger partial charge in [0.2, 0.25) is 0 Å². The molecule has 2 aromatic rings. The van der Waals surface area contributed by atoms with E-state index in [0.29, 0.717) is 6.61 Å². The molecule has 1 aliphatic heterocycles. The van der Waals surface area contributed by atoms with Gasteiger partial charge in [0.15, 0.2) is 11.5 Å². The molecule has 0 fully saturated rings. The van der Waals surface area contributed by atoms with Gasteiger partial charge in [-0.15, -0.1) is 0 Å². The Balaban J connectivity index is 2.01. The number of anilines is 1. The quantitative estimate of drug-likeness (QED) is 0.714. The predicted molar refractivity (Wildman–Crippen MR) is 117 cm³/mol. The largest absolute Gasteiger partial charge is 0.503 e. The van der Waals surface area contributed by atoms with Crippen molar-refractivity contribution in [2.24, 2.45) is 0 Å². The van der Waals surface area contributed by atoms with E-state index in [-0.39, 0.29) is 24.3 Å². The third kappa shape index (κ3) is 4.17. The van der Waals surface area contributed by atoms with Crippen LogP contribution in [-0.4, -0.2) is 42.4 Å². The Morgan fingerprint density at radius 1 is 1.13 bits per heavy atom. The summed E-state index contributed by atoms with van der Waals surface area (Å²) in [6.07, 6.45) is 0.215. The molecule has 0 radical (unpaired) electrons. The number of hydrogen-bond donors (Lipinski definition) is 1. The summed E-state index contributed by atoms with van der Waals surface area (Å²) in [6, 6.07) is 14.6. The molecule has 2 aromatic carbocycles. The number of aliphatic hydroxyl groups is 1. The highest BCUT2D eigenvalue weighted by Gasteiger charge is 2.42. The number of aliphatic hydroxyl groups excluding tert-OH is 1. The van der Waals surface area contributed by atoms with Gasteiger partial charge in [-0.3, -0.25) is 9.59 Å². The number of ether oxygens (including phenoxy) is 1. The van der Waals surface area contributed by atoms with Gasteiger partial charge in [-0.05, 0) is 42.3 Å². The molecule has 0 saturated carbocycles. The van der Waals surface area contributed by atoms with Crippen molar-refractivity contribution in [1.82, 2.24) is 4.90 Å². The highest BCUT2D eigenvalue weighted by atomic mass is 16.5. The van der Waals surface area contributed by atoms with Crippen molar-refractivity contribution in [2.45, 2.75) is 32.9 Å². The van der Waals surface area contributed by atoms with Crippen LogP contribution in [0.5, 0.6) is 5.75 Å². The summed E-state index contributed by atoms with van der Waals surface area (Å²) in [6.45, 7) is 4.44. The Morgan fingerprint density at radius 3 is 2.43 bits per heavy atom. The summed E-state index contributed by atoms with van der Waals surface area (Å²) in [5, 5.41) is 10.6. The van der Waals surface area contributed by atoms with Crippen LogP contribution in [0.4, 0.5) is 5.69 Å². The maximum absolute atomic E-state index is 12.9. The molecule has 1 atom stereocenters. The summed E-state index contributed by atoms with van der Waals surface area (Å²) < 4.78 is 5.56. The molecule has 1 aliphatic rings. The average molecular weight is 408 g/mol. The Labute approximate surface area is 177 Å². The van der Waals surface area contributed by atoms with E-state index in [1.807, 2.05) is 74.4 Å². The summed E-state index contributed by atoms with van der Waals surface area (Å²) in [4.78, 5) is 29.1. The molecule has 158 valence electrons. The third-order valence-corrected chi connectivity index (χ3v) is 5.21. The molecule has 6 heteroatoms. The van der Waals surface area contributed by atoms with Crippen LogP contribution in [0.15, 0.2) is 59.9 Å². The fourth-order valence-corrected chi connectivity index (χ4v) is 3.69. The number of hydrogen-bond acceptors (Lipinski definition) is 5. The maximum Gasteiger partial charge on any atom is 0.290 e. The van der Waals surface area contributed by atoms with Crippen molar-refractivity contribution in [3.63, 3.8) is 0 Å². The number of carbonyl (C=O) groups excluding carboxylic acids is 2. The van der Waals surface area contributed by atoms with Crippen LogP contribution in [0.3, 0.4) is 0 Å². The number of benzene rings is 2. The normalized spacial score (nSPS) is 16.2. The van der Waals surface area contributed by atoms with Crippen molar-refractivity contribution in [2.75, 3.05) is 25.6 Å². The zero-order valence-corrected chi connectivity index (χ0v) is 17.9. The van der Waals surface area contributed by atoms with E-state index in [0.717, 1.165) is 22.6 Å². The van der Waals surface area contributed by atoms with Gasteiger partial charge in [-0.25, -0.2) is 0 Å². The highest BCUT2D eigenvalue weighted by molar-refractivity contribution is 6.08. The molecule has 0 spiro atoms. The number of nitrogens with zero attached hydrogens (tertiary/aromatic N) is 2. The maximum atomic E-state index is 12.9. The van der Waals surface area contributed by atoms with Gasteiger partial charge in [0.05, 0.1) is 18.2 Å². The Kier molecular flexibility index (Phi) is 6.45. The second-order valence-corrected chi connectivity index (χ2v) is 7.44. The van der Waals surface area contributed by atoms with Crippen molar-refractivity contribution >= 4 is 17.4 Å². The smallest absolute Gasteiger partial charge is 0.290 e. The van der Waals surface area contributed by atoms with Crippen LogP contribution >= 0.6 is 0 Å². The van der Waals surface area contributed by atoms with Crippen LogP contribution in [0.25, 0.3) is 0 Å². The van der Waals surface area contributed by atoms with Crippen molar-refractivity contribution in [3.8, 4) is 5.75 Å². The number of ketones is 1. The van der Waals surface area contributed by atoms with Gasteiger partial charge >= 0.3 is 0 Å². The topological polar surface area (TPSA) is 70.1 Å². The van der Waals surface area contributed by atoms with Crippen LogP contribution in [0.2, 0.25) is 0 Å². The van der Waals surface area contributed by atoms with Gasteiger partial charge in [-0.2, -0.15) is 0 Å². The lowest BCUT2D eigenvalue weighted by molar-refractivity contribution is -0.130. The second-order valence-electron chi connectivity index (χ2n) is 7.44. The van der Waals surface area contributed by atoms with Crippen molar-refractivity contribution < 1.29 is 19.4 Å². The van der Waals surface area contributed by atoms with E-state index in [1.165, 1.54) is 0 Å².